The number of methoxy groups -OCH3 is 1. The van der Waals surface area contributed by atoms with Gasteiger partial charge >= 0.3 is 23.9 Å². The Labute approximate surface area is 242 Å². The molecule has 1 fully saturated rings. The van der Waals surface area contributed by atoms with Gasteiger partial charge in [-0.25, -0.2) is 0 Å². The largest absolute Gasteiger partial charge is 0.493 e. The number of carbonyl (C=O) groups is 5. The number of hydrogen-bond acceptors (Lipinski definition) is 12. The zero-order chi connectivity index (χ0) is 30.8. The third-order valence-corrected chi connectivity index (χ3v) is 5.91. The highest BCUT2D eigenvalue weighted by atomic mass is 16.7. The van der Waals surface area contributed by atoms with E-state index in [9.17, 15) is 24.0 Å². The van der Waals surface area contributed by atoms with Crippen LogP contribution in [0.1, 0.15) is 43.6 Å². The summed E-state index contributed by atoms with van der Waals surface area (Å²) in [5.41, 5.74) is 1.19. The molecule has 3 rings (SSSR count). The number of carbonyl (C=O) groups excluding carboxylic acids is 5. The summed E-state index contributed by atoms with van der Waals surface area (Å²) >= 11 is 0. The van der Waals surface area contributed by atoms with Gasteiger partial charge in [-0.15, -0.1) is 0 Å². The number of nitrogens with one attached hydrogen (secondary N) is 1. The number of benzene rings is 2. The lowest BCUT2D eigenvalue weighted by atomic mass is 9.98. The van der Waals surface area contributed by atoms with E-state index < -0.39 is 61.2 Å². The normalized spacial score (nSPS) is 21.3. The Morgan fingerprint density at radius 1 is 0.762 bits per heavy atom. The van der Waals surface area contributed by atoms with Gasteiger partial charge < -0.3 is 38.5 Å². The number of ether oxygens (including phenoxy) is 7. The van der Waals surface area contributed by atoms with Crippen LogP contribution in [0.25, 0.3) is 0 Å². The molecule has 0 bridgehead atoms. The molecule has 0 saturated carbocycles. The maximum atomic E-state index is 12.8. The van der Waals surface area contributed by atoms with Crippen LogP contribution in [0.5, 0.6) is 11.5 Å². The standard InChI is InChI=1S/C29H33NO12/c1-16(31)37-15-24-25(38-17(2)32)26(39-18(3)33)27(40-19(4)34)29(42-24)41-22-12-11-21(13-23(22)36-5)28(35)30-14-20-9-7-6-8-10-20/h6-13,24-27,29H,14-15H2,1-5H3,(H,30,35)/t24-,25-,26-,27-,29+/m0/s1. The molecule has 0 radical (unpaired) electrons. The van der Waals surface area contributed by atoms with Gasteiger partial charge in [0.15, 0.2) is 23.7 Å². The lowest BCUT2D eigenvalue weighted by molar-refractivity contribution is -0.288. The molecule has 1 aliphatic rings. The highest BCUT2D eigenvalue weighted by Gasteiger charge is 2.53. The molecule has 2 aromatic carbocycles. The fourth-order valence-electron chi connectivity index (χ4n) is 4.20. The third kappa shape index (κ3) is 8.93. The van der Waals surface area contributed by atoms with Crippen LogP contribution < -0.4 is 14.8 Å². The molecule has 1 amide bonds. The van der Waals surface area contributed by atoms with Crippen molar-refractivity contribution in [1.29, 1.82) is 0 Å². The number of esters is 4. The number of rotatable bonds is 11. The predicted molar refractivity (Wildman–Crippen MR) is 143 cm³/mol. The van der Waals surface area contributed by atoms with E-state index in [4.69, 9.17) is 33.2 Å². The fourth-order valence-corrected chi connectivity index (χ4v) is 4.20. The minimum absolute atomic E-state index is 0.0815. The Hall–Kier alpha value is -4.65. The van der Waals surface area contributed by atoms with E-state index in [1.54, 1.807) is 0 Å². The molecule has 0 unspecified atom stereocenters. The van der Waals surface area contributed by atoms with Crippen LogP contribution in [0, 0.1) is 0 Å². The quantitative estimate of drug-likeness (QED) is 0.301. The summed E-state index contributed by atoms with van der Waals surface area (Å²) in [7, 11) is 1.36. The van der Waals surface area contributed by atoms with Gasteiger partial charge in [0.05, 0.1) is 7.11 Å². The zero-order valence-corrected chi connectivity index (χ0v) is 23.8. The van der Waals surface area contributed by atoms with Crippen LogP contribution in [-0.2, 0) is 49.4 Å². The van der Waals surface area contributed by atoms with Crippen molar-refractivity contribution >= 4 is 29.8 Å². The van der Waals surface area contributed by atoms with Crippen LogP contribution >= 0.6 is 0 Å². The Balaban J connectivity index is 1.91. The Morgan fingerprint density at radius 2 is 1.38 bits per heavy atom. The molecule has 226 valence electrons. The molecule has 2 aromatic rings. The van der Waals surface area contributed by atoms with Crippen LogP contribution in [0.2, 0.25) is 0 Å². The van der Waals surface area contributed by atoms with E-state index in [1.807, 2.05) is 30.3 Å². The lowest BCUT2D eigenvalue weighted by Gasteiger charge is -2.44. The maximum Gasteiger partial charge on any atom is 0.303 e. The summed E-state index contributed by atoms with van der Waals surface area (Å²) in [5.74, 6) is -3.09. The topological polar surface area (TPSA) is 162 Å². The van der Waals surface area contributed by atoms with Gasteiger partial charge in [0, 0.05) is 39.8 Å². The van der Waals surface area contributed by atoms with E-state index >= 15 is 0 Å². The van der Waals surface area contributed by atoms with Gasteiger partial charge in [-0.05, 0) is 23.8 Å². The third-order valence-electron chi connectivity index (χ3n) is 5.91. The molecule has 5 atom stereocenters. The molecule has 1 heterocycles. The molecule has 0 spiro atoms. The second-order valence-corrected chi connectivity index (χ2v) is 9.22. The minimum atomic E-state index is -1.46. The Morgan fingerprint density at radius 3 is 1.98 bits per heavy atom. The van der Waals surface area contributed by atoms with E-state index in [1.165, 1.54) is 32.2 Å². The van der Waals surface area contributed by atoms with Gasteiger partial charge in [-0.2, -0.15) is 0 Å². The first-order chi connectivity index (χ1) is 20.0. The molecule has 1 N–H and O–H groups in total. The molecule has 13 heteroatoms. The summed E-state index contributed by atoms with van der Waals surface area (Å²) in [6.07, 6.45) is -6.80. The van der Waals surface area contributed by atoms with E-state index in [2.05, 4.69) is 5.32 Å². The smallest absolute Gasteiger partial charge is 0.303 e. The van der Waals surface area contributed by atoms with Crippen molar-refractivity contribution in [3.63, 3.8) is 0 Å². The van der Waals surface area contributed by atoms with Gasteiger partial charge in [0.1, 0.15) is 12.7 Å². The molecule has 13 nitrogen and oxygen atoms in total. The number of amides is 1. The average molecular weight is 588 g/mol. The first kappa shape index (κ1) is 31.9. The summed E-state index contributed by atoms with van der Waals surface area (Å²) in [6, 6.07) is 13.8. The van der Waals surface area contributed by atoms with Crippen molar-refractivity contribution in [3.8, 4) is 11.5 Å². The predicted octanol–water partition coefficient (Wildman–Crippen LogP) is 2.09. The van der Waals surface area contributed by atoms with Crippen molar-refractivity contribution in [2.75, 3.05) is 13.7 Å². The molecule has 1 saturated heterocycles. The maximum absolute atomic E-state index is 12.8. The first-order valence-corrected chi connectivity index (χ1v) is 13.0. The zero-order valence-electron chi connectivity index (χ0n) is 23.8. The highest BCUT2D eigenvalue weighted by molar-refractivity contribution is 5.94. The SMILES string of the molecule is COc1cc(C(=O)NCc2ccccc2)ccc1O[C@@H]1O[C@@H](COC(C)=O)[C@H](OC(C)=O)[C@H](OC(C)=O)[C@@H]1OC(C)=O. The van der Waals surface area contributed by atoms with Crippen LogP contribution in [0.4, 0.5) is 0 Å². The molecular weight excluding hydrogens is 554 g/mol. The Kier molecular flexibility index (Phi) is 11.3. The molecule has 1 aliphatic heterocycles. The second-order valence-electron chi connectivity index (χ2n) is 9.22. The highest BCUT2D eigenvalue weighted by Crippen LogP contribution is 2.35. The van der Waals surface area contributed by atoms with Crippen molar-refractivity contribution in [2.24, 2.45) is 0 Å². The summed E-state index contributed by atoms with van der Waals surface area (Å²) in [4.78, 5) is 60.3. The molecule has 42 heavy (non-hydrogen) atoms. The van der Waals surface area contributed by atoms with Gasteiger partial charge in [0.2, 0.25) is 12.4 Å². The van der Waals surface area contributed by atoms with Crippen molar-refractivity contribution < 1.29 is 57.1 Å². The van der Waals surface area contributed by atoms with Crippen LogP contribution in [0.15, 0.2) is 48.5 Å². The molecule has 0 aliphatic carbocycles. The summed E-state index contributed by atoms with van der Waals surface area (Å²) in [5, 5.41) is 2.82. The number of hydrogen-bond donors (Lipinski definition) is 1. The van der Waals surface area contributed by atoms with E-state index in [0.717, 1.165) is 26.3 Å². The van der Waals surface area contributed by atoms with Crippen LogP contribution in [0.3, 0.4) is 0 Å². The minimum Gasteiger partial charge on any atom is -0.493 e. The van der Waals surface area contributed by atoms with Gasteiger partial charge in [-0.1, -0.05) is 30.3 Å². The van der Waals surface area contributed by atoms with E-state index in [-0.39, 0.29) is 23.0 Å². The average Bonchev–Trinajstić information content (AvgIpc) is 2.93. The molecule has 0 aromatic heterocycles. The first-order valence-electron chi connectivity index (χ1n) is 13.0. The van der Waals surface area contributed by atoms with Gasteiger partial charge in [0.25, 0.3) is 5.91 Å². The van der Waals surface area contributed by atoms with E-state index in [0.29, 0.717) is 6.54 Å². The van der Waals surface area contributed by atoms with Crippen molar-refractivity contribution in [3.05, 3.63) is 59.7 Å². The Bertz CT molecular complexity index is 1280. The van der Waals surface area contributed by atoms with Crippen molar-refractivity contribution in [1.82, 2.24) is 5.32 Å². The lowest BCUT2D eigenvalue weighted by Crippen LogP contribution is -2.63. The second kappa shape index (κ2) is 14.8. The molecular formula is C29H33NO12. The van der Waals surface area contributed by atoms with Gasteiger partial charge in [-0.3, -0.25) is 24.0 Å². The van der Waals surface area contributed by atoms with Crippen molar-refractivity contribution in [2.45, 2.75) is 64.9 Å². The fraction of sp³-hybridized carbons (Fsp3) is 0.414. The summed E-state index contributed by atoms with van der Waals surface area (Å²) < 4.78 is 38.7. The summed E-state index contributed by atoms with van der Waals surface area (Å²) in [6.45, 7) is 4.44. The monoisotopic (exact) mass is 587 g/mol. The van der Waals surface area contributed by atoms with Crippen LogP contribution in [-0.4, -0.2) is 74.2 Å².